The summed E-state index contributed by atoms with van der Waals surface area (Å²) >= 11 is 23.4. The zero-order valence-electron chi connectivity index (χ0n) is 18.3. The monoisotopic (exact) mass is 509 g/mol. The smallest absolute Gasteiger partial charge is 0.228 e. The molecule has 1 aromatic rings. The van der Waals surface area contributed by atoms with Gasteiger partial charge in [-0.05, 0) is 49.3 Å². The molecule has 31 heavy (non-hydrogen) atoms. The van der Waals surface area contributed by atoms with Crippen molar-refractivity contribution in [3.63, 3.8) is 0 Å². The third-order valence-corrected chi connectivity index (χ3v) is 5.42. The molecule has 3 N–H and O–H groups in total. The second kappa shape index (κ2) is 15.8. The molecule has 1 amide bonds. The molecule has 0 fully saturated rings. The lowest BCUT2D eigenvalue weighted by Gasteiger charge is -2.27. The number of carbonyl (C=O) groups is 1. The Balaban J connectivity index is 2.49. The predicted octanol–water partition coefficient (Wildman–Crippen LogP) is 6.72. The first-order valence-corrected chi connectivity index (χ1v) is 12.5. The molecular formula is C22H34Cl3N3O2S. The number of carbonyl (C=O) groups excluding carboxylic acids is 1. The molecule has 0 aliphatic heterocycles. The lowest BCUT2D eigenvalue weighted by atomic mass is 10.1. The summed E-state index contributed by atoms with van der Waals surface area (Å²) in [7, 11) is 0. The van der Waals surface area contributed by atoms with Crippen molar-refractivity contribution in [2.24, 2.45) is 0 Å². The van der Waals surface area contributed by atoms with Crippen LogP contribution in [-0.2, 0) is 4.79 Å². The summed E-state index contributed by atoms with van der Waals surface area (Å²) in [5.74, 6) is 0.610. The van der Waals surface area contributed by atoms with Gasteiger partial charge in [-0.2, -0.15) is 0 Å². The summed E-state index contributed by atoms with van der Waals surface area (Å²) in [6.45, 7) is 5.01. The highest BCUT2D eigenvalue weighted by atomic mass is 35.6. The number of ether oxygens (including phenoxy) is 1. The van der Waals surface area contributed by atoms with Gasteiger partial charge in [-0.25, -0.2) is 0 Å². The minimum atomic E-state index is -1.76. The van der Waals surface area contributed by atoms with E-state index in [4.69, 9.17) is 51.8 Å². The van der Waals surface area contributed by atoms with Crippen molar-refractivity contribution in [2.45, 2.75) is 81.6 Å². The molecule has 176 valence electrons. The normalized spacial score (nSPS) is 12.2. The summed E-state index contributed by atoms with van der Waals surface area (Å²) in [5.41, 5.74) is 0.754. The van der Waals surface area contributed by atoms with Gasteiger partial charge >= 0.3 is 0 Å². The van der Waals surface area contributed by atoms with Crippen LogP contribution in [0.3, 0.4) is 0 Å². The molecule has 1 unspecified atom stereocenters. The Morgan fingerprint density at radius 1 is 0.968 bits per heavy atom. The first-order chi connectivity index (χ1) is 14.8. The number of alkyl halides is 3. The Morgan fingerprint density at radius 2 is 1.58 bits per heavy atom. The molecule has 0 bridgehead atoms. The third-order valence-electron chi connectivity index (χ3n) is 4.54. The van der Waals surface area contributed by atoms with Crippen LogP contribution in [0.2, 0.25) is 0 Å². The van der Waals surface area contributed by atoms with E-state index in [1.54, 1.807) is 0 Å². The highest BCUT2D eigenvalue weighted by Gasteiger charge is 2.34. The van der Waals surface area contributed by atoms with E-state index in [0.717, 1.165) is 43.5 Å². The van der Waals surface area contributed by atoms with Gasteiger partial charge in [0.2, 0.25) is 9.70 Å². The zero-order valence-corrected chi connectivity index (χ0v) is 21.4. The van der Waals surface area contributed by atoms with Crippen LogP contribution < -0.4 is 20.7 Å². The first kappa shape index (κ1) is 28.1. The van der Waals surface area contributed by atoms with Crippen LogP contribution in [0, 0.1) is 0 Å². The quantitative estimate of drug-likeness (QED) is 0.112. The maximum absolute atomic E-state index is 12.2. The van der Waals surface area contributed by atoms with Crippen molar-refractivity contribution in [3.8, 4) is 5.75 Å². The summed E-state index contributed by atoms with van der Waals surface area (Å²) in [6, 6.07) is 7.45. The molecule has 9 heteroatoms. The SMILES string of the molecule is CCCCCCOc1ccc(NC(=S)NC(NC(=O)CCCCCC)C(Cl)(Cl)Cl)cc1. The van der Waals surface area contributed by atoms with Crippen LogP contribution in [0.4, 0.5) is 5.69 Å². The fraction of sp³-hybridized carbons (Fsp3) is 0.636. The largest absolute Gasteiger partial charge is 0.494 e. The standard InChI is InChI=1S/C22H34Cl3N3O2S/c1-3-5-7-9-11-19(29)27-20(22(23,24)25)28-21(31)26-17-12-14-18(15-13-17)30-16-10-8-6-4-2/h12-15,20H,3-11,16H2,1-2H3,(H,27,29)(H2,26,28,31). The Morgan fingerprint density at radius 3 is 2.16 bits per heavy atom. The summed E-state index contributed by atoms with van der Waals surface area (Å²) < 4.78 is 3.97. The summed E-state index contributed by atoms with van der Waals surface area (Å²) in [4.78, 5) is 12.2. The summed E-state index contributed by atoms with van der Waals surface area (Å²) in [6.07, 6.45) is 8.06. The lowest BCUT2D eigenvalue weighted by Crippen LogP contribution is -2.56. The Hall–Kier alpha value is -0.950. The van der Waals surface area contributed by atoms with Crippen LogP contribution in [0.15, 0.2) is 24.3 Å². The topological polar surface area (TPSA) is 62.4 Å². The minimum Gasteiger partial charge on any atom is -0.494 e. The van der Waals surface area contributed by atoms with Gasteiger partial charge in [-0.3, -0.25) is 4.79 Å². The number of unbranched alkanes of at least 4 members (excludes halogenated alkanes) is 6. The van der Waals surface area contributed by atoms with E-state index >= 15 is 0 Å². The van der Waals surface area contributed by atoms with E-state index in [9.17, 15) is 4.79 Å². The molecule has 1 rings (SSSR count). The second-order valence-electron chi connectivity index (χ2n) is 7.38. The molecule has 5 nitrogen and oxygen atoms in total. The van der Waals surface area contributed by atoms with Crippen LogP contribution in [-0.4, -0.2) is 27.6 Å². The van der Waals surface area contributed by atoms with Gasteiger partial charge in [0.15, 0.2) is 5.11 Å². The number of amides is 1. The maximum atomic E-state index is 12.2. The highest BCUT2D eigenvalue weighted by Crippen LogP contribution is 2.29. The highest BCUT2D eigenvalue weighted by molar-refractivity contribution is 7.80. The predicted molar refractivity (Wildman–Crippen MR) is 136 cm³/mol. The van der Waals surface area contributed by atoms with Gasteiger partial charge in [0, 0.05) is 12.1 Å². The van der Waals surface area contributed by atoms with Crippen molar-refractivity contribution in [1.82, 2.24) is 10.6 Å². The number of halogens is 3. The average Bonchev–Trinajstić information content (AvgIpc) is 2.71. The van der Waals surface area contributed by atoms with Crippen molar-refractivity contribution in [1.29, 1.82) is 0 Å². The van der Waals surface area contributed by atoms with Crippen molar-refractivity contribution >= 4 is 63.7 Å². The fourth-order valence-corrected chi connectivity index (χ4v) is 3.36. The molecule has 1 aromatic carbocycles. The molecular weight excluding hydrogens is 477 g/mol. The van der Waals surface area contributed by atoms with E-state index in [1.165, 1.54) is 19.3 Å². The molecule has 0 saturated carbocycles. The van der Waals surface area contributed by atoms with E-state index in [2.05, 4.69) is 29.8 Å². The van der Waals surface area contributed by atoms with Crippen molar-refractivity contribution < 1.29 is 9.53 Å². The number of thiocarbonyl (C=S) groups is 1. The second-order valence-corrected chi connectivity index (χ2v) is 10.2. The minimum absolute atomic E-state index is 0.192. The van der Waals surface area contributed by atoms with E-state index in [0.29, 0.717) is 13.0 Å². The summed E-state index contributed by atoms with van der Waals surface area (Å²) in [5, 5.41) is 8.83. The van der Waals surface area contributed by atoms with Crippen LogP contribution in [0.5, 0.6) is 5.75 Å². The molecule has 0 aromatic heterocycles. The molecule has 0 saturated heterocycles. The van der Waals surface area contributed by atoms with Gasteiger partial charge < -0.3 is 20.7 Å². The molecule has 0 spiro atoms. The average molecular weight is 511 g/mol. The first-order valence-electron chi connectivity index (χ1n) is 10.9. The van der Waals surface area contributed by atoms with Crippen LogP contribution in [0.25, 0.3) is 0 Å². The third kappa shape index (κ3) is 13.3. The molecule has 0 radical (unpaired) electrons. The maximum Gasteiger partial charge on any atom is 0.228 e. The molecule has 1 atom stereocenters. The number of hydrogen-bond acceptors (Lipinski definition) is 3. The molecule has 0 aliphatic rings. The van der Waals surface area contributed by atoms with Crippen LogP contribution in [0.1, 0.15) is 71.6 Å². The van der Waals surface area contributed by atoms with E-state index in [-0.39, 0.29) is 11.0 Å². The number of benzene rings is 1. The van der Waals surface area contributed by atoms with Gasteiger partial charge in [0.05, 0.1) is 6.61 Å². The van der Waals surface area contributed by atoms with Gasteiger partial charge in [-0.15, -0.1) is 0 Å². The molecule has 0 heterocycles. The molecule has 0 aliphatic carbocycles. The zero-order chi connectivity index (χ0) is 23.1. The number of nitrogens with one attached hydrogen (secondary N) is 3. The van der Waals surface area contributed by atoms with Gasteiger partial charge in [-0.1, -0.05) is 87.2 Å². The van der Waals surface area contributed by atoms with Crippen LogP contribution >= 0.6 is 47.0 Å². The Bertz CT molecular complexity index is 654. The van der Waals surface area contributed by atoms with Gasteiger partial charge in [0.1, 0.15) is 11.9 Å². The Labute approximate surface area is 206 Å². The van der Waals surface area contributed by atoms with Gasteiger partial charge in [0.25, 0.3) is 0 Å². The number of rotatable bonds is 14. The lowest BCUT2D eigenvalue weighted by molar-refractivity contribution is -0.122. The van der Waals surface area contributed by atoms with E-state index < -0.39 is 9.96 Å². The fourth-order valence-electron chi connectivity index (χ4n) is 2.80. The number of hydrogen-bond donors (Lipinski definition) is 3. The van der Waals surface area contributed by atoms with Crippen molar-refractivity contribution in [3.05, 3.63) is 24.3 Å². The number of anilines is 1. The van der Waals surface area contributed by atoms with Crippen molar-refractivity contribution in [2.75, 3.05) is 11.9 Å². The van der Waals surface area contributed by atoms with E-state index in [1.807, 2.05) is 24.3 Å². The Kier molecular flexibility index (Phi) is 14.3.